The van der Waals surface area contributed by atoms with Crippen molar-refractivity contribution in [2.75, 3.05) is 5.32 Å². The molecule has 2 aromatic heterocycles. The molecule has 3 N–H and O–H groups in total. The molecule has 0 radical (unpaired) electrons. The van der Waals surface area contributed by atoms with Gasteiger partial charge in [-0.3, -0.25) is 25.2 Å². The number of amides is 2. The second-order valence-corrected chi connectivity index (χ2v) is 8.33. The van der Waals surface area contributed by atoms with Gasteiger partial charge in [0.15, 0.2) is 5.84 Å². The Bertz CT molecular complexity index is 1080. The van der Waals surface area contributed by atoms with Crippen molar-refractivity contribution in [2.45, 2.75) is 45.4 Å². The van der Waals surface area contributed by atoms with Crippen molar-refractivity contribution in [1.82, 2.24) is 20.4 Å². The number of aryl methyl sites for hydroxylation is 1. The quantitative estimate of drug-likeness (QED) is 0.208. The minimum atomic E-state index is -0.381. The number of carbonyl (C=O) groups excluding carboxylic acids is 2. The van der Waals surface area contributed by atoms with Crippen LogP contribution in [0.4, 0.5) is 5.82 Å². The Kier molecular flexibility index (Phi) is 5.79. The van der Waals surface area contributed by atoms with E-state index in [2.05, 4.69) is 43.4 Å². The predicted molar refractivity (Wildman–Crippen MR) is 117 cm³/mol. The molecule has 2 aromatic rings. The molecule has 4 rings (SSSR count). The maximum atomic E-state index is 12.0. The van der Waals surface area contributed by atoms with E-state index in [4.69, 9.17) is 6.42 Å². The Morgan fingerprint density at radius 2 is 2.33 bits per heavy atom. The van der Waals surface area contributed by atoms with Gasteiger partial charge in [-0.1, -0.05) is 0 Å². The number of rotatable bonds is 7. The van der Waals surface area contributed by atoms with Gasteiger partial charge in [0.1, 0.15) is 5.82 Å². The molecule has 0 spiro atoms. The molecular weight excluding hydrogens is 400 g/mol. The van der Waals surface area contributed by atoms with E-state index < -0.39 is 0 Å². The van der Waals surface area contributed by atoms with Gasteiger partial charge in [0, 0.05) is 22.1 Å². The lowest BCUT2D eigenvalue weighted by Crippen LogP contribution is -2.24. The molecule has 0 unspecified atom stereocenters. The van der Waals surface area contributed by atoms with Gasteiger partial charge in [-0.2, -0.15) is 5.10 Å². The second kappa shape index (κ2) is 8.65. The molecule has 3 heterocycles. The average Bonchev–Trinajstić information content (AvgIpc) is 3.21. The smallest absolute Gasteiger partial charge is 0.254 e. The fourth-order valence-corrected chi connectivity index (χ4v) is 3.84. The molecule has 0 atom stereocenters. The third kappa shape index (κ3) is 4.84. The van der Waals surface area contributed by atoms with Crippen LogP contribution in [0.1, 0.15) is 35.3 Å². The molecule has 2 amide bonds. The van der Waals surface area contributed by atoms with Crippen LogP contribution in [-0.2, 0) is 22.8 Å². The van der Waals surface area contributed by atoms with Crippen LogP contribution < -0.4 is 16.0 Å². The summed E-state index contributed by atoms with van der Waals surface area (Å²) in [4.78, 5) is 29.1. The molecule has 1 saturated carbocycles. The third-order valence-electron chi connectivity index (χ3n) is 4.75. The van der Waals surface area contributed by atoms with Crippen molar-refractivity contribution in [3.63, 3.8) is 0 Å². The first-order chi connectivity index (χ1) is 14.5. The van der Waals surface area contributed by atoms with Crippen LogP contribution in [0.25, 0.3) is 6.08 Å². The number of anilines is 1. The van der Waals surface area contributed by atoms with Crippen molar-refractivity contribution in [3.05, 3.63) is 39.2 Å². The van der Waals surface area contributed by atoms with E-state index in [1.807, 2.05) is 6.92 Å². The summed E-state index contributed by atoms with van der Waals surface area (Å²) in [5, 5.41) is 15.4. The molecule has 0 aromatic carbocycles. The van der Waals surface area contributed by atoms with Gasteiger partial charge in [-0.05, 0) is 48.8 Å². The number of nitrogens with zero attached hydrogens (tertiary/aromatic N) is 3. The fraction of sp³-hybridized carbons (Fsp3) is 0.333. The van der Waals surface area contributed by atoms with Crippen molar-refractivity contribution in [2.24, 2.45) is 4.99 Å². The van der Waals surface area contributed by atoms with Gasteiger partial charge >= 0.3 is 0 Å². The zero-order chi connectivity index (χ0) is 21.1. The Labute approximate surface area is 178 Å². The van der Waals surface area contributed by atoms with Crippen LogP contribution in [-0.4, -0.2) is 33.5 Å². The summed E-state index contributed by atoms with van der Waals surface area (Å²) in [6, 6.07) is 2.59. The van der Waals surface area contributed by atoms with E-state index in [9.17, 15) is 9.59 Å². The normalized spacial score (nSPS) is 18.0. The van der Waals surface area contributed by atoms with Gasteiger partial charge in [-0.25, -0.2) is 4.68 Å². The minimum absolute atomic E-state index is 0.0532. The molecule has 1 aliphatic carbocycles. The zero-order valence-corrected chi connectivity index (χ0v) is 17.4. The summed E-state index contributed by atoms with van der Waals surface area (Å²) in [5.74, 6) is 2.90. The molecule has 1 saturated heterocycles. The van der Waals surface area contributed by atoms with Crippen molar-refractivity contribution >= 4 is 40.9 Å². The summed E-state index contributed by atoms with van der Waals surface area (Å²) in [5.41, 5.74) is 2.26. The molecule has 2 fully saturated rings. The number of nitrogens with one attached hydrogen (secondary N) is 3. The van der Waals surface area contributed by atoms with Crippen LogP contribution in [0, 0.1) is 19.3 Å². The molecule has 2 aliphatic rings. The lowest BCUT2D eigenvalue weighted by molar-refractivity contribution is -0.124. The lowest BCUT2D eigenvalue weighted by atomic mass is 10.1. The van der Waals surface area contributed by atoms with Gasteiger partial charge < -0.3 is 5.32 Å². The van der Waals surface area contributed by atoms with Crippen molar-refractivity contribution < 1.29 is 9.59 Å². The fourth-order valence-electron chi connectivity index (χ4n) is 3.04. The Morgan fingerprint density at radius 3 is 2.97 bits per heavy atom. The Hall–Kier alpha value is -3.22. The Balaban J connectivity index is 1.58. The van der Waals surface area contributed by atoms with Crippen LogP contribution in [0.5, 0.6) is 0 Å². The second-order valence-electron chi connectivity index (χ2n) is 7.33. The Morgan fingerprint density at radius 1 is 1.50 bits per heavy atom. The SMILES string of the molecule is C#CC(=NCc1cc(C)cs1)Nc1c(/C=C2\CC(=O)NC2=O)cnn1CNC1CC1. The molecule has 8 nitrogen and oxygen atoms in total. The number of amidine groups is 1. The van der Waals surface area contributed by atoms with Gasteiger partial charge in [0.2, 0.25) is 5.91 Å². The van der Waals surface area contributed by atoms with Gasteiger partial charge in [0.25, 0.3) is 5.91 Å². The number of thiophene rings is 1. The first-order valence-electron chi connectivity index (χ1n) is 9.68. The number of aliphatic imine (C=N–C) groups is 1. The minimum Gasteiger partial charge on any atom is -0.318 e. The van der Waals surface area contributed by atoms with Gasteiger partial charge in [0.05, 0.1) is 25.8 Å². The number of carbonyl (C=O) groups is 2. The predicted octanol–water partition coefficient (Wildman–Crippen LogP) is 2.04. The zero-order valence-electron chi connectivity index (χ0n) is 16.6. The van der Waals surface area contributed by atoms with E-state index in [1.54, 1.807) is 28.3 Å². The largest absolute Gasteiger partial charge is 0.318 e. The van der Waals surface area contributed by atoms with Crippen molar-refractivity contribution in [1.29, 1.82) is 0 Å². The molecule has 9 heteroatoms. The summed E-state index contributed by atoms with van der Waals surface area (Å²) < 4.78 is 1.75. The summed E-state index contributed by atoms with van der Waals surface area (Å²) in [6.07, 6.45) is 11.4. The van der Waals surface area contributed by atoms with Crippen molar-refractivity contribution in [3.8, 4) is 12.3 Å². The van der Waals surface area contributed by atoms with Crippen LogP contribution in [0.3, 0.4) is 0 Å². The topological polar surface area (TPSA) is 100 Å². The first-order valence-corrected chi connectivity index (χ1v) is 10.6. The average molecular weight is 423 g/mol. The molecule has 1 aliphatic heterocycles. The maximum Gasteiger partial charge on any atom is 0.254 e. The van der Waals surface area contributed by atoms with E-state index in [0.29, 0.717) is 42.0 Å². The summed E-state index contributed by atoms with van der Waals surface area (Å²) >= 11 is 1.64. The molecule has 0 bridgehead atoms. The van der Waals surface area contributed by atoms with Crippen LogP contribution in [0.2, 0.25) is 0 Å². The van der Waals surface area contributed by atoms with E-state index in [-0.39, 0.29) is 18.2 Å². The van der Waals surface area contributed by atoms with Gasteiger partial charge in [-0.15, -0.1) is 17.8 Å². The van der Waals surface area contributed by atoms with Crippen LogP contribution >= 0.6 is 11.3 Å². The highest BCUT2D eigenvalue weighted by Crippen LogP contribution is 2.23. The third-order valence-corrected chi connectivity index (χ3v) is 5.79. The summed E-state index contributed by atoms with van der Waals surface area (Å²) in [6.45, 7) is 3.02. The number of imide groups is 1. The number of aromatic nitrogens is 2. The molecular formula is C21H22N6O2S. The summed E-state index contributed by atoms with van der Waals surface area (Å²) in [7, 11) is 0. The van der Waals surface area contributed by atoms with E-state index in [0.717, 1.165) is 17.7 Å². The number of hydrogen-bond donors (Lipinski definition) is 3. The molecule has 30 heavy (non-hydrogen) atoms. The maximum absolute atomic E-state index is 12.0. The number of hydrogen-bond acceptors (Lipinski definition) is 6. The highest BCUT2D eigenvalue weighted by molar-refractivity contribution is 7.10. The highest BCUT2D eigenvalue weighted by atomic mass is 32.1. The van der Waals surface area contributed by atoms with Crippen LogP contribution in [0.15, 0.2) is 28.2 Å². The van der Waals surface area contributed by atoms with E-state index >= 15 is 0 Å². The highest BCUT2D eigenvalue weighted by Gasteiger charge is 2.25. The van der Waals surface area contributed by atoms with E-state index in [1.165, 1.54) is 5.56 Å². The first kappa shape index (κ1) is 20.1. The number of terminal acetylenes is 1. The molecule has 154 valence electrons. The lowest BCUT2D eigenvalue weighted by Gasteiger charge is -2.11. The monoisotopic (exact) mass is 422 g/mol. The standard InChI is InChI=1S/C21H22N6O2S/c1-3-18(22-10-17-6-13(2)11-30-17)25-20-15(7-14-8-19(28)26-21(14)29)9-24-27(20)12-23-16-4-5-16/h1,6-7,9,11,16,23H,4-5,8,10,12H2,2H3,(H,22,25)(H,26,28,29)/b14-7+.